The van der Waals surface area contributed by atoms with E-state index in [1.165, 1.54) is 16.7 Å². The molecule has 1 N–H and O–H groups in total. The van der Waals surface area contributed by atoms with Crippen molar-refractivity contribution in [2.45, 2.75) is 52.4 Å². The average Bonchev–Trinajstić information content (AvgIpc) is 2.95. The maximum Gasteiger partial charge on any atom is 0.207 e. The maximum atomic E-state index is 10.9. The number of methoxy groups -OCH3 is 1. The van der Waals surface area contributed by atoms with E-state index in [9.17, 15) is 4.79 Å². The molecule has 3 aromatic carbocycles. The molecule has 1 aliphatic heterocycles. The van der Waals surface area contributed by atoms with Crippen molar-refractivity contribution in [3.63, 3.8) is 0 Å². The highest BCUT2D eigenvalue weighted by Crippen LogP contribution is 2.35. The zero-order valence-corrected chi connectivity index (χ0v) is 23.9. The third kappa shape index (κ3) is 8.91. The van der Waals surface area contributed by atoms with E-state index in [1.807, 2.05) is 51.1 Å². The molecule has 1 amide bonds. The Balaban J connectivity index is 0.000000367. The van der Waals surface area contributed by atoms with E-state index >= 15 is 0 Å². The molecular formula is C32H43ClN2O2. The van der Waals surface area contributed by atoms with Gasteiger partial charge in [0.1, 0.15) is 5.75 Å². The quantitative estimate of drug-likeness (QED) is 0.324. The Morgan fingerprint density at radius 2 is 1.54 bits per heavy atom. The third-order valence-corrected chi connectivity index (χ3v) is 7.55. The van der Waals surface area contributed by atoms with Crippen molar-refractivity contribution in [1.29, 1.82) is 0 Å². The number of carbonyl (C=O) groups excluding carboxylic acids is 1. The number of nitrogens with zero attached hydrogens (tertiary/aromatic N) is 1. The summed E-state index contributed by atoms with van der Waals surface area (Å²) >= 11 is 6.43. The molecule has 0 aromatic heterocycles. The molecule has 0 spiro atoms. The molecule has 37 heavy (non-hydrogen) atoms. The largest absolute Gasteiger partial charge is 0.496 e. The lowest BCUT2D eigenvalue weighted by Crippen LogP contribution is -2.48. The minimum Gasteiger partial charge on any atom is -0.496 e. The van der Waals surface area contributed by atoms with Crippen molar-refractivity contribution in [2.75, 3.05) is 33.3 Å². The highest BCUT2D eigenvalue weighted by Gasteiger charge is 2.35. The molecule has 0 aliphatic carbocycles. The number of hydrogen-bond acceptors (Lipinski definition) is 3. The molecule has 3 aromatic rings. The lowest BCUT2D eigenvalue weighted by Gasteiger charge is -2.42. The number of carbonyl (C=O) groups is 1. The molecule has 200 valence electrons. The zero-order chi connectivity index (χ0) is 27.1. The molecule has 1 saturated heterocycles. The Kier molecular flexibility index (Phi) is 13.2. The van der Waals surface area contributed by atoms with Gasteiger partial charge in [-0.1, -0.05) is 92.2 Å². The van der Waals surface area contributed by atoms with Gasteiger partial charge in [0.05, 0.1) is 7.11 Å². The number of para-hydroxylation sites is 1. The minimum atomic E-state index is 0.0413. The number of halogens is 1. The molecule has 4 rings (SSSR count). The fraction of sp³-hybridized carbons (Fsp3) is 0.406. The summed E-state index contributed by atoms with van der Waals surface area (Å²) in [6, 6.07) is 24.8. The van der Waals surface area contributed by atoms with Crippen molar-refractivity contribution in [3.8, 4) is 5.75 Å². The average molecular weight is 523 g/mol. The molecule has 1 aliphatic rings. The van der Waals surface area contributed by atoms with E-state index < -0.39 is 0 Å². The normalized spacial score (nSPS) is 14.3. The van der Waals surface area contributed by atoms with Gasteiger partial charge in [-0.3, -0.25) is 4.79 Å². The molecule has 1 fully saturated rings. The highest BCUT2D eigenvalue weighted by atomic mass is 35.5. The van der Waals surface area contributed by atoms with Crippen LogP contribution in [0.25, 0.3) is 0 Å². The van der Waals surface area contributed by atoms with Crippen molar-refractivity contribution < 1.29 is 9.53 Å². The summed E-state index contributed by atoms with van der Waals surface area (Å²) in [4.78, 5) is 13.4. The molecule has 0 saturated carbocycles. The second-order valence-electron chi connectivity index (χ2n) is 9.25. The second-order valence-corrected chi connectivity index (χ2v) is 9.63. The lowest BCUT2D eigenvalue weighted by atomic mass is 9.72. The van der Waals surface area contributed by atoms with Gasteiger partial charge >= 0.3 is 0 Å². The van der Waals surface area contributed by atoms with Gasteiger partial charge in [-0.15, -0.1) is 0 Å². The summed E-state index contributed by atoms with van der Waals surface area (Å²) in [5, 5.41) is 3.83. The molecule has 1 heterocycles. The number of benzene rings is 3. The smallest absolute Gasteiger partial charge is 0.207 e. The van der Waals surface area contributed by atoms with Gasteiger partial charge in [-0.05, 0) is 74.5 Å². The topological polar surface area (TPSA) is 41.6 Å². The number of rotatable bonds is 8. The van der Waals surface area contributed by atoms with Crippen LogP contribution < -0.4 is 10.1 Å². The number of amides is 1. The standard InChI is InChI=1S/C22H27ClN2O.C8H10O.C2H6/c1-18-6-5-7-19(21(18)23)10-13-25-14-11-22(12-15-25,16-24-17-26)20-8-3-2-4-9-20;1-7-5-3-4-6-8(7)9-2;1-2/h2-9,17H,10-16H2,1H3,(H,24,26);3-6H,1-2H3;1-2H3. The van der Waals surface area contributed by atoms with Crippen molar-refractivity contribution in [2.24, 2.45) is 0 Å². The Morgan fingerprint density at radius 1 is 0.919 bits per heavy atom. The summed E-state index contributed by atoms with van der Waals surface area (Å²) in [5.41, 5.74) is 4.93. The Hall–Kier alpha value is -2.82. The Labute approximate surface area is 229 Å². The van der Waals surface area contributed by atoms with Crippen LogP contribution in [0.3, 0.4) is 0 Å². The number of ether oxygens (including phenoxy) is 1. The number of likely N-dealkylation sites (tertiary alicyclic amines) is 1. The van der Waals surface area contributed by atoms with Crippen LogP contribution in [0.2, 0.25) is 5.02 Å². The first-order valence-electron chi connectivity index (χ1n) is 13.3. The van der Waals surface area contributed by atoms with E-state index in [0.29, 0.717) is 6.54 Å². The van der Waals surface area contributed by atoms with Crippen LogP contribution in [0.15, 0.2) is 72.8 Å². The second kappa shape index (κ2) is 16.1. The first-order chi connectivity index (χ1) is 18.0. The van der Waals surface area contributed by atoms with Crippen molar-refractivity contribution in [3.05, 3.63) is 100 Å². The van der Waals surface area contributed by atoms with E-state index in [2.05, 4.69) is 59.6 Å². The van der Waals surface area contributed by atoms with Crippen LogP contribution in [0.5, 0.6) is 5.75 Å². The van der Waals surface area contributed by atoms with Gasteiger partial charge in [0, 0.05) is 23.5 Å². The van der Waals surface area contributed by atoms with Crippen LogP contribution in [-0.4, -0.2) is 44.6 Å². The molecule has 0 radical (unpaired) electrons. The van der Waals surface area contributed by atoms with Gasteiger partial charge < -0.3 is 15.0 Å². The fourth-order valence-electron chi connectivity index (χ4n) is 4.77. The van der Waals surface area contributed by atoms with Crippen LogP contribution in [0.1, 0.15) is 48.9 Å². The summed E-state index contributed by atoms with van der Waals surface area (Å²) in [6.07, 6.45) is 3.90. The van der Waals surface area contributed by atoms with E-state index in [1.54, 1.807) is 7.11 Å². The fourth-order valence-corrected chi connectivity index (χ4v) is 4.99. The van der Waals surface area contributed by atoms with Crippen LogP contribution in [0.4, 0.5) is 0 Å². The summed E-state index contributed by atoms with van der Waals surface area (Å²) < 4.78 is 5.04. The van der Waals surface area contributed by atoms with Gasteiger partial charge in [0.2, 0.25) is 6.41 Å². The number of aryl methyl sites for hydroxylation is 2. The summed E-state index contributed by atoms with van der Waals surface area (Å²) in [6.45, 7) is 11.9. The van der Waals surface area contributed by atoms with Crippen LogP contribution >= 0.6 is 11.6 Å². The molecule has 0 atom stereocenters. The van der Waals surface area contributed by atoms with Crippen molar-refractivity contribution >= 4 is 18.0 Å². The van der Waals surface area contributed by atoms with E-state index in [4.69, 9.17) is 16.3 Å². The summed E-state index contributed by atoms with van der Waals surface area (Å²) in [5.74, 6) is 0.956. The number of nitrogens with one attached hydrogen (secondary N) is 1. The molecule has 0 bridgehead atoms. The summed E-state index contributed by atoms with van der Waals surface area (Å²) in [7, 11) is 1.68. The molecule has 4 nitrogen and oxygen atoms in total. The van der Waals surface area contributed by atoms with E-state index in [0.717, 1.165) is 61.6 Å². The Bertz CT molecular complexity index is 1060. The van der Waals surface area contributed by atoms with Gasteiger partial charge in [-0.2, -0.15) is 0 Å². The van der Waals surface area contributed by atoms with Gasteiger partial charge in [0.25, 0.3) is 0 Å². The minimum absolute atomic E-state index is 0.0413. The molecule has 0 unspecified atom stereocenters. The number of piperidine rings is 1. The van der Waals surface area contributed by atoms with Crippen LogP contribution in [0, 0.1) is 13.8 Å². The van der Waals surface area contributed by atoms with E-state index in [-0.39, 0.29) is 5.41 Å². The van der Waals surface area contributed by atoms with Crippen molar-refractivity contribution in [1.82, 2.24) is 10.2 Å². The predicted octanol–water partition coefficient (Wildman–Crippen LogP) is 7.00. The first-order valence-corrected chi connectivity index (χ1v) is 13.7. The lowest BCUT2D eigenvalue weighted by molar-refractivity contribution is -0.109. The molecular weight excluding hydrogens is 480 g/mol. The first kappa shape index (κ1) is 30.4. The zero-order valence-electron chi connectivity index (χ0n) is 23.1. The number of hydrogen-bond donors (Lipinski definition) is 1. The SMILES string of the molecule is CC.COc1ccccc1C.Cc1cccc(CCN2CCC(CNC=O)(c3ccccc3)CC2)c1Cl. The highest BCUT2D eigenvalue weighted by molar-refractivity contribution is 6.32. The Morgan fingerprint density at radius 3 is 2.14 bits per heavy atom. The van der Waals surface area contributed by atoms with Gasteiger partial charge in [0.15, 0.2) is 0 Å². The predicted molar refractivity (Wildman–Crippen MR) is 157 cm³/mol. The van der Waals surface area contributed by atoms with Gasteiger partial charge in [-0.25, -0.2) is 0 Å². The third-order valence-electron chi connectivity index (χ3n) is 7.01. The maximum absolute atomic E-state index is 10.9. The van der Waals surface area contributed by atoms with Crippen LogP contribution in [-0.2, 0) is 16.6 Å². The molecule has 5 heteroatoms. The monoisotopic (exact) mass is 522 g/mol.